The second kappa shape index (κ2) is 10.3. The minimum Gasteiger partial charge on any atom is -0.497 e. The maximum Gasteiger partial charge on any atom is 0.267 e. The van der Waals surface area contributed by atoms with E-state index in [9.17, 15) is 4.79 Å². The topological polar surface area (TPSA) is 102 Å². The Hall–Kier alpha value is -3.83. The molecule has 3 heterocycles. The summed E-state index contributed by atoms with van der Waals surface area (Å²) in [6.07, 6.45) is 0. The maximum atomic E-state index is 13.7. The summed E-state index contributed by atoms with van der Waals surface area (Å²) in [6.45, 7) is 3.95. The average Bonchev–Trinajstić information content (AvgIpc) is 3.51. The summed E-state index contributed by atoms with van der Waals surface area (Å²) in [5.41, 5.74) is 2.18. The number of rotatable bonds is 8. The Bertz CT molecular complexity index is 1640. The fraction of sp³-hybridized carbons (Fsp3) is 0.231. The largest absolute Gasteiger partial charge is 0.497 e. The Morgan fingerprint density at radius 2 is 1.70 bits per heavy atom. The van der Waals surface area contributed by atoms with Crippen LogP contribution in [0.4, 0.5) is 0 Å². The number of methoxy groups -OCH3 is 3. The molecule has 0 fully saturated rings. The molecule has 0 amide bonds. The smallest absolute Gasteiger partial charge is 0.267 e. The number of hydrogen-bond acceptors (Lipinski definition) is 10. The molecule has 3 aromatic heterocycles. The zero-order valence-corrected chi connectivity index (χ0v) is 22.5. The summed E-state index contributed by atoms with van der Waals surface area (Å²) in [4.78, 5) is 24.9. The van der Waals surface area contributed by atoms with E-state index in [4.69, 9.17) is 23.7 Å². The molecule has 0 N–H and O–H groups in total. The third kappa shape index (κ3) is 4.67. The van der Waals surface area contributed by atoms with Crippen molar-refractivity contribution in [1.82, 2.24) is 19.7 Å². The first kappa shape index (κ1) is 24.8. The van der Waals surface area contributed by atoms with E-state index in [-0.39, 0.29) is 5.56 Å². The Labute approximate surface area is 221 Å². The lowest BCUT2D eigenvalue weighted by Gasteiger charge is -2.12. The summed E-state index contributed by atoms with van der Waals surface area (Å²) < 4.78 is 23.2. The van der Waals surface area contributed by atoms with Gasteiger partial charge in [-0.3, -0.25) is 9.36 Å². The van der Waals surface area contributed by atoms with Crippen LogP contribution in [-0.2, 0) is 5.75 Å². The van der Waals surface area contributed by atoms with Crippen LogP contribution in [0.3, 0.4) is 0 Å². The van der Waals surface area contributed by atoms with Crippen LogP contribution in [0.5, 0.6) is 17.2 Å². The Balaban J connectivity index is 1.52. The fourth-order valence-corrected chi connectivity index (χ4v) is 5.79. The van der Waals surface area contributed by atoms with Crippen molar-refractivity contribution in [1.29, 1.82) is 0 Å². The van der Waals surface area contributed by atoms with Gasteiger partial charge in [-0.1, -0.05) is 16.9 Å². The molecule has 0 radical (unpaired) electrons. The number of thioether (sulfide) groups is 1. The summed E-state index contributed by atoms with van der Waals surface area (Å²) in [5, 5.41) is 5.29. The predicted octanol–water partition coefficient (Wildman–Crippen LogP) is 5.43. The molecule has 0 atom stereocenters. The maximum absolute atomic E-state index is 13.7. The Morgan fingerprint density at radius 3 is 2.41 bits per heavy atom. The highest BCUT2D eigenvalue weighted by molar-refractivity contribution is 7.98. The molecule has 37 heavy (non-hydrogen) atoms. The van der Waals surface area contributed by atoms with E-state index in [1.165, 1.54) is 23.1 Å². The molecule has 0 unspecified atom stereocenters. The second-order valence-electron chi connectivity index (χ2n) is 8.06. The highest BCUT2D eigenvalue weighted by Crippen LogP contribution is 2.33. The van der Waals surface area contributed by atoms with Crippen LogP contribution in [0.1, 0.15) is 16.3 Å². The van der Waals surface area contributed by atoms with Gasteiger partial charge in [0, 0.05) is 4.88 Å². The number of hydrogen-bond donors (Lipinski definition) is 0. The fourth-order valence-electron chi connectivity index (χ4n) is 3.87. The van der Waals surface area contributed by atoms with Gasteiger partial charge in [-0.2, -0.15) is 4.98 Å². The van der Waals surface area contributed by atoms with E-state index < -0.39 is 0 Å². The van der Waals surface area contributed by atoms with Gasteiger partial charge in [0.25, 0.3) is 5.56 Å². The SMILES string of the molecule is COc1ccc(-n2c(SCc3nc(-c4cc(OC)ccc4OC)no3)nc3sc(C)c(C)c3c2=O)cc1. The van der Waals surface area contributed by atoms with Gasteiger partial charge in [-0.05, 0) is 61.9 Å². The third-order valence-corrected chi connectivity index (χ3v) is 7.97. The molecule has 0 bridgehead atoms. The van der Waals surface area contributed by atoms with Gasteiger partial charge < -0.3 is 18.7 Å². The number of benzene rings is 2. The van der Waals surface area contributed by atoms with Crippen molar-refractivity contribution >= 4 is 33.3 Å². The number of aryl methyl sites for hydroxylation is 2. The van der Waals surface area contributed by atoms with E-state index in [1.807, 2.05) is 38.1 Å². The molecular formula is C26H24N4O5S2. The molecule has 0 spiro atoms. The van der Waals surface area contributed by atoms with Crippen molar-refractivity contribution in [2.75, 3.05) is 21.3 Å². The van der Waals surface area contributed by atoms with Crippen molar-refractivity contribution in [3.8, 4) is 34.3 Å². The lowest BCUT2D eigenvalue weighted by atomic mass is 10.2. The van der Waals surface area contributed by atoms with Crippen LogP contribution < -0.4 is 19.8 Å². The molecule has 0 saturated carbocycles. The van der Waals surface area contributed by atoms with Crippen molar-refractivity contribution < 1.29 is 18.7 Å². The molecule has 2 aromatic carbocycles. The van der Waals surface area contributed by atoms with Crippen LogP contribution in [0, 0.1) is 13.8 Å². The summed E-state index contributed by atoms with van der Waals surface area (Å²) in [6, 6.07) is 12.7. The van der Waals surface area contributed by atoms with Crippen molar-refractivity contribution in [3.05, 3.63) is 69.1 Å². The molecule has 0 aliphatic carbocycles. The van der Waals surface area contributed by atoms with Gasteiger partial charge in [0.05, 0.1) is 43.7 Å². The molecule has 0 saturated heterocycles. The van der Waals surface area contributed by atoms with Crippen molar-refractivity contribution in [2.24, 2.45) is 0 Å². The highest BCUT2D eigenvalue weighted by Gasteiger charge is 2.20. The van der Waals surface area contributed by atoms with Gasteiger partial charge in [0.2, 0.25) is 11.7 Å². The molecule has 9 nitrogen and oxygen atoms in total. The van der Waals surface area contributed by atoms with Gasteiger partial charge >= 0.3 is 0 Å². The van der Waals surface area contributed by atoms with Crippen molar-refractivity contribution in [3.63, 3.8) is 0 Å². The zero-order chi connectivity index (χ0) is 26.1. The van der Waals surface area contributed by atoms with Crippen LogP contribution in [0.15, 0.2) is 56.9 Å². The van der Waals surface area contributed by atoms with Gasteiger partial charge in [-0.15, -0.1) is 11.3 Å². The van der Waals surface area contributed by atoms with Crippen LogP contribution in [0.25, 0.3) is 27.3 Å². The lowest BCUT2D eigenvalue weighted by Crippen LogP contribution is -2.21. The first-order chi connectivity index (χ1) is 17.9. The summed E-state index contributed by atoms with van der Waals surface area (Å²) in [7, 11) is 4.77. The monoisotopic (exact) mass is 536 g/mol. The minimum atomic E-state index is -0.119. The second-order valence-corrected chi connectivity index (χ2v) is 10.2. The molecule has 0 aliphatic rings. The number of thiophene rings is 1. The van der Waals surface area contributed by atoms with Crippen LogP contribution >= 0.6 is 23.1 Å². The summed E-state index contributed by atoms with van der Waals surface area (Å²) in [5.74, 6) is 3.04. The number of nitrogens with zero attached hydrogens (tertiary/aromatic N) is 4. The minimum absolute atomic E-state index is 0.119. The third-order valence-electron chi connectivity index (χ3n) is 5.94. The number of ether oxygens (including phenoxy) is 3. The first-order valence-corrected chi connectivity index (χ1v) is 13.1. The Morgan fingerprint density at radius 1 is 0.973 bits per heavy atom. The molecule has 190 valence electrons. The molecule has 11 heteroatoms. The van der Waals surface area contributed by atoms with E-state index in [1.54, 1.807) is 44.1 Å². The predicted molar refractivity (Wildman–Crippen MR) is 144 cm³/mol. The average molecular weight is 537 g/mol. The van der Waals surface area contributed by atoms with Gasteiger partial charge in [0.15, 0.2) is 5.16 Å². The number of fused-ring (bicyclic) bond motifs is 1. The first-order valence-electron chi connectivity index (χ1n) is 11.3. The van der Waals surface area contributed by atoms with Gasteiger partial charge in [0.1, 0.15) is 22.1 Å². The van der Waals surface area contributed by atoms with Gasteiger partial charge in [-0.25, -0.2) is 4.98 Å². The standard InChI is InChI=1S/C26H24N4O5S2/c1-14-15(2)37-24-22(14)25(31)30(16-6-8-17(32-3)9-7-16)26(28-24)36-13-21-27-23(29-35-21)19-12-18(33-4)10-11-20(19)34-5/h6-12H,13H2,1-5H3. The Kier molecular flexibility index (Phi) is 6.90. The quantitative estimate of drug-likeness (QED) is 0.190. The molecule has 0 aliphatic heterocycles. The van der Waals surface area contributed by atoms with E-state index in [0.717, 1.165) is 10.4 Å². The van der Waals surface area contributed by atoms with E-state index in [0.29, 0.717) is 61.3 Å². The molecular weight excluding hydrogens is 512 g/mol. The lowest BCUT2D eigenvalue weighted by molar-refractivity contribution is 0.389. The highest BCUT2D eigenvalue weighted by atomic mass is 32.2. The molecule has 5 aromatic rings. The van der Waals surface area contributed by atoms with Crippen molar-refractivity contribution in [2.45, 2.75) is 24.8 Å². The number of aromatic nitrogens is 4. The molecule has 5 rings (SSSR count). The summed E-state index contributed by atoms with van der Waals surface area (Å²) >= 11 is 2.86. The van der Waals surface area contributed by atoms with E-state index in [2.05, 4.69) is 10.1 Å². The normalized spacial score (nSPS) is 11.2. The van der Waals surface area contributed by atoms with Crippen LogP contribution in [0.2, 0.25) is 0 Å². The van der Waals surface area contributed by atoms with E-state index >= 15 is 0 Å². The van der Waals surface area contributed by atoms with Crippen LogP contribution in [-0.4, -0.2) is 41.0 Å². The zero-order valence-electron chi connectivity index (χ0n) is 20.9.